The van der Waals surface area contributed by atoms with Crippen LogP contribution in [0.15, 0.2) is 35.7 Å². The van der Waals surface area contributed by atoms with Crippen LogP contribution < -0.4 is 14.8 Å². The lowest BCUT2D eigenvalue weighted by Crippen LogP contribution is -2.48. The number of carbonyl (C=O) groups excluding carboxylic acids is 1. The zero-order chi connectivity index (χ0) is 19.5. The van der Waals surface area contributed by atoms with Gasteiger partial charge in [-0.1, -0.05) is 12.1 Å². The smallest absolute Gasteiger partial charge is 0.261 e. The van der Waals surface area contributed by atoms with Crippen LogP contribution in [0.2, 0.25) is 0 Å². The summed E-state index contributed by atoms with van der Waals surface area (Å²) in [5.74, 6) is 1.51. The number of hydrogen-bond acceptors (Lipinski definition) is 5. The lowest BCUT2D eigenvalue weighted by Gasteiger charge is -2.36. The van der Waals surface area contributed by atoms with Crippen LogP contribution >= 0.6 is 11.3 Å². The topological polar surface area (TPSA) is 50.8 Å². The Morgan fingerprint density at radius 1 is 1.18 bits per heavy atom. The number of para-hydroxylation sites is 2. The second-order valence-corrected chi connectivity index (χ2v) is 8.59. The molecule has 0 aliphatic carbocycles. The van der Waals surface area contributed by atoms with Crippen LogP contribution in [0.5, 0.6) is 11.5 Å². The Labute approximate surface area is 170 Å². The van der Waals surface area contributed by atoms with Crippen LogP contribution in [0.4, 0.5) is 0 Å². The van der Waals surface area contributed by atoms with Gasteiger partial charge in [0.15, 0.2) is 11.5 Å². The third-order valence-corrected chi connectivity index (χ3v) is 6.83. The van der Waals surface area contributed by atoms with Crippen molar-refractivity contribution in [3.8, 4) is 11.5 Å². The van der Waals surface area contributed by atoms with E-state index in [1.807, 2.05) is 42.6 Å². The Hall–Kier alpha value is -2.05. The average molecular weight is 401 g/mol. The van der Waals surface area contributed by atoms with Crippen LogP contribution in [0.1, 0.15) is 47.8 Å². The molecule has 2 saturated heterocycles. The zero-order valence-electron chi connectivity index (χ0n) is 16.5. The first kappa shape index (κ1) is 19.3. The molecule has 28 heavy (non-hydrogen) atoms. The van der Waals surface area contributed by atoms with Gasteiger partial charge in [0.25, 0.3) is 5.91 Å². The molecule has 4 rings (SSSR count). The highest BCUT2D eigenvalue weighted by Crippen LogP contribution is 2.34. The van der Waals surface area contributed by atoms with Gasteiger partial charge in [0.2, 0.25) is 0 Å². The molecule has 0 saturated carbocycles. The third-order valence-electron chi connectivity index (χ3n) is 5.85. The maximum absolute atomic E-state index is 12.7. The lowest BCUT2D eigenvalue weighted by molar-refractivity contribution is 0.0886. The minimum atomic E-state index is 0.0416. The largest absolute Gasteiger partial charge is 0.490 e. The van der Waals surface area contributed by atoms with Crippen molar-refractivity contribution in [3.63, 3.8) is 0 Å². The van der Waals surface area contributed by atoms with Crippen LogP contribution in [-0.2, 0) is 6.61 Å². The first-order valence-electron chi connectivity index (χ1n) is 10.1. The summed E-state index contributed by atoms with van der Waals surface area (Å²) in [5.41, 5.74) is 1.00. The van der Waals surface area contributed by atoms with Gasteiger partial charge in [0, 0.05) is 23.7 Å². The van der Waals surface area contributed by atoms with Crippen LogP contribution in [0.3, 0.4) is 0 Å². The van der Waals surface area contributed by atoms with Crippen molar-refractivity contribution >= 4 is 17.2 Å². The van der Waals surface area contributed by atoms with E-state index >= 15 is 0 Å². The summed E-state index contributed by atoms with van der Waals surface area (Å²) in [6.07, 6.45) is 4.65. The fourth-order valence-electron chi connectivity index (χ4n) is 4.36. The number of benzene rings is 1. The molecular weight excluding hydrogens is 372 g/mol. The number of amides is 1. The standard InChI is InChI=1S/C22H28N2O3S/c1-3-26-19-6-4-5-7-20(19)27-13-15-10-21(28-14-15)22(25)23-16-11-17-8-9-18(12-16)24(17)2/h4-7,10,14,16-18H,3,8-9,11-13H2,1-2H3,(H,23,25). The molecule has 1 amide bonds. The second kappa shape index (κ2) is 8.53. The first-order chi connectivity index (χ1) is 13.6. The Morgan fingerprint density at radius 2 is 1.86 bits per heavy atom. The van der Waals surface area contributed by atoms with Gasteiger partial charge in [-0.2, -0.15) is 0 Å². The summed E-state index contributed by atoms with van der Waals surface area (Å²) in [5, 5.41) is 5.25. The fraction of sp³-hybridized carbons (Fsp3) is 0.500. The van der Waals surface area contributed by atoms with Crippen molar-refractivity contribution < 1.29 is 14.3 Å². The number of thiophene rings is 1. The minimum absolute atomic E-state index is 0.0416. The van der Waals surface area contributed by atoms with Gasteiger partial charge in [0.1, 0.15) is 6.61 Å². The molecule has 2 atom stereocenters. The normalized spacial score (nSPS) is 24.1. The molecule has 150 valence electrons. The first-order valence-corrected chi connectivity index (χ1v) is 11.0. The summed E-state index contributed by atoms with van der Waals surface area (Å²) in [7, 11) is 2.22. The van der Waals surface area contributed by atoms with E-state index in [0.717, 1.165) is 34.8 Å². The van der Waals surface area contributed by atoms with Gasteiger partial charge < -0.3 is 19.7 Å². The molecule has 0 radical (unpaired) electrons. The van der Waals surface area contributed by atoms with Crippen molar-refractivity contribution in [3.05, 3.63) is 46.2 Å². The van der Waals surface area contributed by atoms with Gasteiger partial charge in [-0.3, -0.25) is 4.79 Å². The van der Waals surface area contributed by atoms with Gasteiger partial charge in [-0.15, -0.1) is 11.3 Å². The van der Waals surface area contributed by atoms with Gasteiger partial charge >= 0.3 is 0 Å². The number of ether oxygens (including phenoxy) is 2. The molecule has 2 aliphatic heterocycles. The van der Waals surface area contributed by atoms with E-state index < -0.39 is 0 Å². The summed E-state index contributed by atoms with van der Waals surface area (Å²) in [6, 6.07) is 11.1. The molecule has 1 N–H and O–H groups in total. The Morgan fingerprint density at radius 3 is 2.54 bits per heavy atom. The molecule has 3 heterocycles. The molecule has 2 aromatic rings. The molecule has 2 bridgehead atoms. The van der Waals surface area contributed by atoms with Gasteiger partial charge in [0.05, 0.1) is 11.5 Å². The number of rotatable bonds is 7. The Kier molecular flexibility index (Phi) is 5.87. The van der Waals surface area contributed by atoms with Crippen molar-refractivity contribution in [2.75, 3.05) is 13.7 Å². The molecule has 2 unspecified atom stereocenters. The quantitative estimate of drug-likeness (QED) is 0.761. The SMILES string of the molecule is CCOc1ccccc1OCc1csc(C(=O)NC2CC3CCC(C2)N3C)c1. The number of fused-ring (bicyclic) bond motifs is 2. The Balaban J connectivity index is 1.32. The zero-order valence-corrected chi connectivity index (χ0v) is 17.3. The van der Waals surface area contributed by atoms with E-state index in [1.54, 1.807) is 0 Å². The van der Waals surface area contributed by atoms with E-state index in [0.29, 0.717) is 31.3 Å². The predicted octanol–water partition coefficient (Wildman–Crippen LogP) is 4.08. The van der Waals surface area contributed by atoms with E-state index in [1.165, 1.54) is 24.2 Å². The average Bonchev–Trinajstić information content (AvgIpc) is 3.23. The minimum Gasteiger partial charge on any atom is -0.490 e. The van der Waals surface area contributed by atoms with Crippen LogP contribution in [0.25, 0.3) is 0 Å². The second-order valence-electron chi connectivity index (χ2n) is 7.68. The summed E-state index contributed by atoms with van der Waals surface area (Å²) >= 11 is 1.48. The van der Waals surface area contributed by atoms with Crippen LogP contribution in [0, 0.1) is 0 Å². The number of hydrogen-bond donors (Lipinski definition) is 1. The van der Waals surface area contributed by atoms with E-state index in [4.69, 9.17) is 9.47 Å². The van der Waals surface area contributed by atoms with Gasteiger partial charge in [-0.25, -0.2) is 0 Å². The van der Waals surface area contributed by atoms with Crippen molar-refractivity contribution in [1.82, 2.24) is 10.2 Å². The highest BCUT2D eigenvalue weighted by atomic mass is 32.1. The fourth-order valence-corrected chi connectivity index (χ4v) is 5.16. The molecule has 2 fully saturated rings. The number of piperidine rings is 1. The van der Waals surface area contributed by atoms with Crippen molar-refractivity contribution in [1.29, 1.82) is 0 Å². The monoisotopic (exact) mass is 400 g/mol. The molecule has 6 heteroatoms. The summed E-state index contributed by atoms with van der Waals surface area (Å²) < 4.78 is 11.5. The van der Waals surface area contributed by atoms with Crippen molar-refractivity contribution in [2.24, 2.45) is 0 Å². The summed E-state index contributed by atoms with van der Waals surface area (Å²) in [4.78, 5) is 15.9. The molecular formula is C22H28N2O3S. The predicted molar refractivity (Wildman–Crippen MR) is 111 cm³/mol. The number of nitrogens with one attached hydrogen (secondary N) is 1. The van der Waals surface area contributed by atoms with E-state index in [-0.39, 0.29) is 5.91 Å². The number of nitrogens with zero attached hydrogens (tertiary/aromatic N) is 1. The van der Waals surface area contributed by atoms with Gasteiger partial charge in [-0.05, 0) is 63.2 Å². The molecule has 1 aromatic heterocycles. The molecule has 1 aromatic carbocycles. The lowest BCUT2D eigenvalue weighted by atomic mass is 9.98. The number of carbonyl (C=O) groups is 1. The van der Waals surface area contributed by atoms with E-state index in [2.05, 4.69) is 17.3 Å². The van der Waals surface area contributed by atoms with Crippen LogP contribution in [-0.4, -0.2) is 42.6 Å². The molecule has 2 aliphatic rings. The maximum Gasteiger partial charge on any atom is 0.261 e. The molecule has 0 spiro atoms. The summed E-state index contributed by atoms with van der Waals surface area (Å²) in [6.45, 7) is 2.98. The highest BCUT2D eigenvalue weighted by molar-refractivity contribution is 7.12. The van der Waals surface area contributed by atoms with E-state index in [9.17, 15) is 4.79 Å². The highest BCUT2D eigenvalue weighted by Gasteiger charge is 2.38. The molecule has 5 nitrogen and oxygen atoms in total. The maximum atomic E-state index is 12.7. The Bertz CT molecular complexity index is 808. The van der Waals surface area contributed by atoms with Crippen molar-refractivity contribution in [2.45, 2.75) is 57.3 Å². The third kappa shape index (κ3) is 4.18.